The van der Waals surface area contributed by atoms with Gasteiger partial charge in [0, 0.05) is 18.7 Å². The second-order valence-electron chi connectivity index (χ2n) is 6.05. The Hall–Kier alpha value is -3.06. The summed E-state index contributed by atoms with van der Waals surface area (Å²) in [5, 5.41) is 12.1. The Morgan fingerprint density at radius 1 is 1.19 bits per heavy atom. The summed E-state index contributed by atoms with van der Waals surface area (Å²) in [5.74, 6) is -1.80. The average Bonchev–Trinajstić information content (AvgIpc) is 3.04. The third-order valence-electron chi connectivity index (χ3n) is 4.14. The Bertz CT molecular complexity index is 869. The summed E-state index contributed by atoms with van der Waals surface area (Å²) in [6.45, 7) is -0.0527. The number of anilines is 2. The van der Waals surface area contributed by atoms with Crippen LogP contribution in [0.2, 0.25) is 5.02 Å². The molecule has 0 aromatic heterocycles. The molecule has 2 amide bonds. The predicted octanol–water partition coefficient (Wildman–Crippen LogP) is 2.80. The normalized spacial score (nSPS) is 16.3. The van der Waals surface area contributed by atoms with Crippen molar-refractivity contribution in [2.24, 2.45) is 5.92 Å². The number of halogens is 1. The molecule has 2 aromatic carbocycles. The molecule has 0 aliphatic carbocycles. The van der Waals surface area contributed by atoms with Crippen molar-refractivity contribution < 1.29 is 24.2 Å². The number of amides is 2. The Morgan fingerprint density at radius 2 is 1.89 bits per heavy atom. The summed E-state index contributed by atoms with van der Waals surface area (Å²) in [4.78, 5) is 36.4. The first kappa shape index (κ1) is 18.7. The van der Waals surface area contributed by atoms with Gasteiger partial charge in [0.2, 0.25) is 5.91 Å². The van der Waals surface area contributed by atoms with Crippen LogP contribution in [-0.2, 0) is 14.4 Å². The van der Waals surface area contributed by atoms with E-state index in [-0.39, 0.29) is 31.4 Å². The van der Waals surface area contributed by atoms with E-state index in [1.54, 1.807) is 48.5 Å². The first-order valence-electron chi connectivity index (χ1n) is 8.24. The number of carbonyl (C=O) groups excluding carboxylic acids is 2. The number of nitrogens with zero attached hydrogens (tertiary/aromatic N) is 1. The molecule has 8 heteroatoms. The molecule has 0 bridgehead atoms. The van der Waals surface area contributed by atoms with Gasteiger partial charge in [-0.2, -0.15) is 0 Å². The molecule has 1 atom stereocenters. The van der Waals surface area contributed by atoms with Crippen molar-refractivity contribution in [2.45, 2.75) is 6.42 Å². The maximum Gasteiger partial charge on any atom is 0.308 e. The minimum absolute atomic E-state index is 0.00417. The fourth-order valence-electron chi connectivity index (χ4n) is 2.74. The molecule has 1 heterocycles. The summed E-state index contributed by atoms with van der Waals surface area (Å²) in [6, 6.07) is 13.4. The molecule has 1 aliphatic heterocycles. The molecule has 7 nitrogen and oxygen atoms in total. The number of carboxylic acid groups (broad SMARTS) is 1. The summed E-state index contributed by atoms with van der Waals surface area (Å²) < 4.78 is 5.43. The van der Waals surface area contributed by atoms with Crippen molar-refractivity contribution in [3.8, 4) is 5.75 Å². The lowest BCUT2D eigenvalue weighted by atomic mass is 10.1. The number of carboxylic acids is 1. The van der Waals surface area contributed by atoms with Crippen molar-refractivity contribution >= 4 is 40.8 Å². The van der Waals surface area contributed by atoms with Crippen LogP contribution in [0.15, 0.2) is 48.5 Å². The fraction of sp³-hybridized carbons (Fsp3) is 0.211. The number of nitrogens with one attached hydrogen (secondary N) is 1. The van der Waals surface area contributed by atoms with E-state index in [9.17, 15) is 14.4 Å². The summed E-state index contributed by atoms with van der Waals surface area (Å²) in [5.41, 5.74) is 1.10. The molecule has 1 saturated heterocycles. The van der Waals surface area contributed by atoms with Crippen LogP contribution in [-0.4, -0.2) is 36.0 Å². The van der Waals surface area contributed by atoms with Gasteiger partial charge in [-0.3, -0.25) is 14.4 Å². The van der Waals surface area contributed by atoms with Gasteiger partial charge in [-0.25, -0.2) is 0 Å². The van der Waals surface area contributed by atoms with Gasteiger partial charge in [0.25, 0.3) is 5.91 Å². The van der Waals surface area contributed by atoms with Gasteiger partial charge in [0.15, 0.2) is 6.61 Å². The summed E-state index contributed by atoms with van der Waals surface area (Å²) in [6.07, 6.45) is -0.00417. The molecular formula is C19H17ClN2O5. The topological polar surface area (TPSA) is 95.9 Å². The quantitative estimate of drug-likeness (QED) is 0.793. The molecule has 1 fully saturated rings. The van der Waals surface area contributed by atoms with E-state index in [0.717, 1.165) is 0 Å². The second-order valence-corrected chi connectivity index (χ2v) is 6.46. The highest BCUT2D eigenvalue weighted by atomic mass is 35.5. The molecule has 2 aromatic rings. The lowest BCUT2D eigenvalue weighted by Gasteiger charge is -2.16. The van der Waals surface area contributed by atoms with E-state index in [4.69, 9.17) is 21.4 Å². The summed E-state index contributed by atoms with van der Waals surface area (Å²) in [7, 11) is 0. The second kappa shape index (κ2) is 8.09. The Kier molecular flexibility index (Phi) is 5.61. The van der Waals surface area contributed by atoms with E-state index < -0.39 is 11.9 Å². The largest absolute Gasteiger partial charge is 0.484 e. The molecule has 0 saturated carbocycles. The zero-order valence-electron chi connectivity index (χ0n) is 14.2. The molecule has 0 unspecified atom stereocenters. The Labute approximate surface area is 160 Å². The van der Waals surface area contributed by atoms with Crippen LogP contribution in [0.1, 0.15) is 6.42 Å². The van der Waals surface area contributed by atoms with Gasteiger partial charge >= 0.3 is 5.97 Å². The number of aliphatic carboxylic acids is 1. The van der Waals surface area contributed by atoms with E-state index in [1.165, 1.54) is 4.90 Å². The lowest BCUT2D eigenvalue weighted by molar-refractivity contribution is -0.141. The van der Waals surface area contributed by atoms with Crippen LogP contribution in [0.25, 0.3) is 0 Å². The highest BCUT2D eigenvalue weighted by molar-refractivity contribution is 6.33. The maximum absolute atomic E-state index is 12.0. The molecule has 2 N–H and O–H groups in total. The van der Waals surface area contributed by atoms with Crippen molar-refractivity contribution in [2.75, 3.05) is 23.4 Å². The highest BCUT2D eigenvalue weighted by Gasteiger charge is 2.34. The molecule has 27 heavy (non-hydrogen) atoms. The molecule has 3 rings (SSSR count). The number of hydrogen-bond donors (Lipinski definition) is 2. The third kappa shape index (κ3) is 4.57. The fourth-order valence-corrected chi connectivity index (χ4v) is 2.93. The van der Waals surface area contributed by atoms with Gasteiger partial charge in [-0.05, 0) is 36.4 Å². The van der Waals surface area contributed by atoms with Crippen molar-refractivity contribution in [1.29, 1.82) is 0 Å². The first-order chi connectivity index (χ1) is 12.9. The number of rotatable bonds is 6. The van der Waals surface area contributed by atoms with E-state index >= 15 is 0 Å². The highest BCUT2D eigenvalue weighted by Crippen LogP contribution is 2.27. The van der Waals surface area contributed by atoms with Crippen LogP contribution in [0.3, 0.4) is 0 Å². The molecule has 140 valence electrons. The minimum Gasteiger partial charge on any atom is -0.484 e. The van der Waals surface area contributed by atoms with Gasteiger partial charge in [0.05, 0.1) is 16.6 Å². The first-order valence-corrected chi connectivity index (χ1v) is 8.62. The standard InChI is InChI=1S/C19H17ClN2O5/c20-15-3-1-2-4-16(15)21-17(23)11-27-14-7-5-13(6-8-14)22-10-12(19(25)26)9-18(22)24/h1-8,12H,9-11H2,(H,21,23)(H,25,26)/t12-/m0/s1. The van der Waals surface area contributed by atoms with Crippen LogP contribution in [0, 0.1) is 5.92 Å². The monoisotopic (exact) mass is 388 g/mol. The minimum atomic E-state index is -0.977. The summed E-state index contributed by atoms with van der Waals surface area (Å²) >= 11 is 5.98. The van der Waals surface area contributed by atoms with E-state index in [2.05, 4.69) is 5.32 Å². The van der Waals surface area contributed by atoms with Crippen molar-refractivity contribution in [3.05, 3.63) is 53.6 Å². The van der Waals surface area contributed by atoms with E-state index in [1.807, 2.05) is 0 Å². The van der Waals surface area contributed by atoms with Gasteiger partial charge in [0.1, 0.15) is 5.75 Å². The van der Waals surface area contributed by atoms with Crippen LogP contribution < -0.4 is 15.0 Å². The SMILES string of the molecule is O=C(COc1ccc(N2C[C@@H](C(=O)O)CC2=O)cc1)Nc1ccccc1Cl. The maximum atomic E-state index is 12.0. The molecule has 0 radical (unpaired) electrons. The third-order valence-corrected chi connectivity index (χ3v) is 4.47. The lowest BCUT2D eigenvalue weighted by Crippen LogP contribution is -2.25. The number of carbonyl (C=O) groups is 3. The molecular weight excluding hydrogens is 372 g/mol. The predicted molar refractivity (Wildman–Crippen MR) is 100 cm³/mol. The van der Waals surface area contributed by atoms with Crippen LogP contribution in [0.4, 0.5) is 11.4 Å². The number of hydrogen-bond acceptors (Lipinski definition) is 4. The van der Waals surface area contributed by atoms with Gasteiger partial charge in [-0.1, -0.05) is 23.7 Å². The van der Waals surface area contributed by atoms with Crippen LogP contribution >= 0.6 is 11.6 Å². The van der Waals surface area contributed by atoms with Crippen molar-refractivity contribution in [3.63, 3.8) is 0 Å². The van der Waals surface area contributed by atoms with E-state index in [0.29, 0.717) is 22.1 Å². The number of para-hydroxylation sites is 1. The van der Waals surface area contributed by atoms with Crippen molar-refractivity contribution in [1.82, 2.24) is 0 Å². The molecule has 0 spiro atoms. The molecule has 1 aliphatic rings. The van der Waals surface area contributed by atoms with Gasteiger partial charge < -0.3 is 20.1 Å². The Balaban J connectivity index is 1.55. The number of ether oxygens (including phenoxy) is 1. The smallest absolute Gasteiger partial charge is 0.308 e. The van der Waals surface area contributed by atoms with Crippen LogP contribution in [0.5, 0.6) is 5.75 Å². The van der Waals surface area contributed by atoms with Gasteiger partial charge in [-0.15, -0.1) is 0 Å². The Morgan fingerprint density at radius 3 is 2.52 bits per heavy atom. The zero-order chi connectivity index (χ0) is 19.4. The average molecular weight is 389 g/mol. The zero-order valence-corrected chi connectivity index (χ0v) is 15.0. The number of benzene rings is 2.